The molecule has 0 amide bonds. The highest BCUT2D eigenvalue weighted by Gasteiger charge is 2.25. The fourth-order valence-electron chi connectivity index (χ4n) is 2.04. The van der Waals surface area contributed by atoms with Crippen LogP contribution in [-0.2, 0) is 11.2 Å². The van der Waals surface area contributed by atoms with Crippen LogP contribution in [0.4, 0.5) is 4.39 Å². The van der Waals surface area contributed by atoms with Gasteiger partial charge in [-0.3, -0.25) is 9.78 Å². The zero-order chi connectivity index (χ0) is 14.7. The average molecular weight is 338 g/mol. The van der Waals surface area contributed by atoms with Crippen molar-refractivity contribution in [1.29, 1.82) is 0 Å². The van der Waals surface area contributed by atoms with E-state index in [-0.39, 0.29) is 12.1 Å². The summed E-state index contributed by atoms with van der Waals surface area (Å²) in [6.07, 6.45) is 1.62. The highest BCUT2D eigenvalue weighted by molar-refractivity contribution is 9.10. The van der Waals surface area contributed by atoms with E-state index in [1.54, 1.807) is 0 Å². The van der Waals surface area contributed by atoms with E-state index in [2.05, 4.69) is 20.9 Å². The number of halogens is 2. The molecular formula is C15H13BrFNO2. The van der Waals surface area contributed by atoms with Gasteiger partial charge in [0.15, 0.2) is 0 Å². The number of pyridine rings is 1. The van der Waals surface area contributed by atoms with E-state index in [0.717, 1.165) is 11.1 Å². The van der Waals surface area contributed by atoms with Crippen LogP contribution in [0.2, 0.25) is 0 Å². The molecule has 0 aliphatic rings. The summed E-state index contributed by atoms with van der Waals surface area (Å²) in [5.41, 5.74) is 1.82. The van der Waals surface area contributed by atoms with Gasteiger partial charge < -0.3 is 5.11 Å². The summed E-state index contributed by atoms with van der Waals surface area (Å²) in [7, 11) is 0. The molecule has 1 unspecified atom stereocenters. The van der Waals surface area contributed by atoms with Crippen LogP contribution in [0.15, 0.2) is 41.0 Å². The number of aromatic nitrogens is 1. The summed E-state index contributed by atoms with van der Waals surface area (Å²) in [6.45, 7) is 1.90. The Balaban J connectivity index is 2.37. The molecule has 0 fully saturated rings. The van der Waals surface area contributed by atoms with E-state index >= 15 is 0 Å². The molecule has 0 aliphatic carbocycles. The van der Waals surface area contributed by atoms with E-state index in [4.69, 9.17) is 0 Å². The molecular weight excluding hydrogens is 325 g/mol. The SMILES string of the molecule is Cc1ccccc1CC(C(=O)O)c1ncc(Br)cc1F. The van der Waals surface area contributed by atoms with Gasteiger partial charge in [0.2, 0.25) is 0 Å². The van der Waals surface area contributed by atoms with E-state index in [9.17, 15) is 14.3 Å². The number of carboxylic acid groups (broad SMARTS) is 1. The normalized spacial score (nSPS) is 12.2. The third-order valence-corrected chi connectivity index (χ3v) is 3.58. The minimum absolute atomic E-state index is 0.0380. The van der Waals surface area contributed by atoms with Crippen LogP contribution < -0.4 is 0 Å². The first-order valence-corrected chi connectivity index (χ1v) is 6.86. The topological polar surface area (TPSA) is 50.2 Å². The maximum Gasteiger partial charge on any atom is 0.313 e. The van der Waals surface area contributed by atoms with Gasteiger partial charge in [-0.1, -0.05) is 24.3 Å². The van der Waals surface area contributed by atoms with E-state index < -0.39 is 17.7 Å². The largest absolute Gasteiger partial charge is 0.481 e. The van der Waals surface area contributed by atoms with Crippen molar-refractivity contribution in [2.75, 3.05) is 0 Å². The average Bonchev–Trinajstić information content (AvgIpc) is 2.38. The summed E-state index contributed by atoms with van der Waals surface area (Å²) in [4.78, 5) is 15.4. The molecule has 0 saturated carbocycles. The van der Waals surface area contributed by atoms with Crippen molar-refractivity contribution in [1.82, 2.24) is 4.98 Å². The molecule has 1 heterocycles. The van der Waals surface area contributed by atoms with E-state index in [1.165, 1.54) is 12.3 Å². The number of benzene rings is 1. The van der Waals surface area contributed by atoms with Gasteiger partial charge in [0.1, 0.15) is 11.7 Å². The lowest BCUT2D eigenvalue weighted by atomic mass is 9.93. The second-order valence-electron chi connectivity index (χ2n) is 4.54. The van der Waals surface area contributed by atoms with Crippen LogP contribution in [-0.4, -0.2) is 16.1 Å². The molecule has 0 spiro atoms. The third kappa shape index (κ3) is 3.22. The third-order valence-electron chi connectivity index (χ3n) is 3.15. The molecule has 1 atom stereocenters. The standard InChI is InChI=1S/C15H13BrFNO2/c1-9-4-2-3-5-10(9)6-12(15(19)20)14-13(17)7-11(16)8-18-14/h2-5,7-8,12H,6H2,1H3,(H,19,20). The van der Waals surface area contributed by atoms with Gasteiger partial charge in [0.05, 0.1) is 5.69 Å². The van der Waals surface area contributed by atoms with E-state index in [0.29, 0.717) is 4.47 Å². The van der Waals surface area contributed by atoms with Crippen molar-refractivity contribution in [3.8, 4) is 0 Å². The fourth-order valence-corrected chi connectivity index (χ4v) is 2.34. The summed E-state index contributed by atoms with van der Waals surface area (Å²) in [6, 6.07) is 8.71. The predicted molar refractivity (Wildman–Crippen MR) is 77.2 cm³/mol. The first kappa shape index (κ1) is 14.7. The Hall–Kier alpha value is -1.75. The maximum absolute atomic E-state index is 13.9. The van der Waals surface area contributed by atoms with Crippen LogP contribution in [0.3, 0.4) is 0 Å². The van der Waals surface area contributed by atoms with Crippen LogP contribution in [0.25, 0.3) is 0 Å². The summed E-state index contributed by atoms with van der Waals surface area (Å²) in [5.74, 6) is -2.69. The molecule has 2 aromatic rings. The number of hydrogen-bond donors (Lipinski definition) is 1. The molecule has 104 valence electrons. The molecule has 5 heteroatoms. The molecule has 1 N–H and O–H groups in total. The van der Waals surface area contributed by atoms with Crippen molar-refractivity contribution < 1.29 is 14.3 Å². The second-order valence-corrected chi connectivity index (χ2v) is 5.46. The molecule has 3 nitrogen and oxygen atoms in total. The summed E-state index contributed by atoms with van der Waals surface area (Å²) < 4.78 is 14.4. The zero-order valence-electron chi connectivity index (χ0n) is 10.8. The first-order chi connectivity index (χ1) is 9.49. The van der Waals surface area contributed by atoms with Gasteiger partial charge in [-0.25, -0.2) is 4.39 Å². The molecule has 0 bridgehead atoms. The lowest BCUT2D eigenvalue weighted by molar-refractivity contribution is -0.138. The molecule has 0 saturated heterocycles. The molecule has 2 rings (SSSR count). The smallest absolute Gasteiger partial charge is 0.313 e. The van der Waals surface area contributed by atoms with Gasteiger partial charge in [-0.05, 0) is 46.5 Å². The number of rotatable bonds is 4. The zero-order valence-corrected chi connectivity index (χ0v) is 12.4. The molecule has 1 aromatic heterocycles. The number of aryl methyl sites for hydroxylation is 1. The number of carbonyl (C=O) groups is 1. The molecule has 1 aromatic carbocycles. The van der Waals surface area contributed by atoms with Crippen molar-refractivity contribution in [2.45, 2.75) is 19.3 Å². The van der Waals surface area contributed by atoms with Gasteiger partial charge in [-0.2, -0.15) is 0 Å². The maximum atomic E-state index is 13.9. The highest BCUT2D eigenvalue weighted by atomic mass is 79.9. The van der Waals surface area contributed by atoms with Crippen molar-refractivity contribution in [3.63, 3.8) is 0 Å². The highest BCUT2D eigenvalue weighted by Crippen LogP contribution is 2.25. The van der Waals surface area contributed by atoms with Gasteiger partial charge in [0, 0.05) is 10.7 Å². The Labute approximate surface area is 124 Å². The monoisotopic (exact) mass is 337 g/mol. The number of carboxylic acids is 1. The van der Waals surface area contributed by atoms with Crippen molar-refractivity contribution >= 4 is 21.9 Å². The molecule has 0 aliphatic heterocycles. The lowest BCUT2D eigenvalue weighted by Gasteiger charge is -2.14. The van der Waals surface area contributed by atoms with Crippen LogP contribution in [0.1, 0.15) is 22.7 Å². The number of hydrogen-bond acceptors (Lipinski definition) is 2. The van der Waals surface area contributed by atoms with Crippen LogP contribution in [0, 0.1) is 12.7 Å². The molecule has 20 heavy (non-hydrogen) atoms. The summed E-state index contributed by atoms with van der Waals surface area (Å²) in [5, 5.41) is 9.35. The predicted octanol–water partition coefficient (Wildman–Crippen LogP) is 3.70. The van der Waals surface area contributed by atoms with Gasteiger partial charge in [0.25, 0.3) is 0 Å². The van der Waals surface area contributed by atoms with Gasteiger partial charge >= 0.3 is 5.97 Å². The Kier molecular flexibility index (Phi) is 4.49. The molecule has 0 radical (unpaired) electrons. The Morgan fingerprint density at radius 2 is 2.15 bits per heavy atom. The second kappa shape index (κ2) is 6.13. The van der Waals surface area contributed by atoms with Gasteiger partial charge in [-0.15, -0.1) is 0 Å². The Bertz CT molecular complexity index is 646. The minimum atomic E-state index is -1.08. The van der Waals surface area contributed by atoms with Crippen LogP contribution >= 0.6 is 15.9 Å². The van der Waals surface area contributed by atoms with E-state index in [1.807, 2.05) is 31.2 Å². The number of nitrogens with zero attached hydrogens (tertiary/aromatic N) is 1. The van der Waals surface area contributed by atoms with Crippen molar-refractivity contribution in [3.05, 3.63) is 63.6 Å². The number of aliphatic carboxylic acids is 1. The first-order valence-electron chi connectivity index (χ1n) is 6.07. The quantitative estimate of drug-likeness (QED) is 0.925. The fraction of sp³-hybridized carbons (Fsp3) is 0.200. The van der Waals surface area contributed by atoms with Crippen molar-refractivity contribution in [2.24, 2.45) is 0 Å². The summed E-state index contributed by atoms with van der Waals surface area (Å²) >= 11 is 3.11. The van der Waals surface area contributed by atoms with Crippen LogP contribution in [0.5, 0.6) is 0 Å². The minimum Gasteiger partial charge on any atom is -0.481 e. The lowest BCUT2D eigenvalue weighted by Crippen LogP contribution is -2.18. The Morgan fingerprint density at radius 3 is 2.75 bits per heavy atom. The Morgan fingerprint density at radius 1 is 1.45 bits per heavy atom.